The maximum Gasteiger partial charge on any atom is 0.412 e. The highest BCUT2D eigenvalue weighted by Crippen LogP contribution is 2.41. The fourth-order valence-electron chi connectivity index (χ4n) is 1.93. The lowest BCUT2D eigenvalue weighted by molar-refractivity contribution is 0.170. The Balaban J connectivity index is 2.04. The standard InChI is InChI=1S/C15H18BrNO2/c1-3-10(2)19-15(18)17-14(11-4-5-11)12-6-8-13(16)9-7-12/h3,6-9,11,14H,4-5H2,1-2H3,(H,17,18)/b10-3-. The zero-order valence-corrected chi connectivity index (χ0v) is 12.7. The van der Waals surface area contributed by atoms with Crippen molar-refractivity contribution in [3.05, 3.63) is 46.1 Å². The number of hydrogen-bond donors (Lipinski definition) is 1. The van der Waals surface area contributed by atoms with E-state index in [1.807, 2.05) is 31.2 Å². The second-order valence-corrected chi connectivity index (χ2v) is 5.72. The number of ether oxygens (including phenoxy) is 1. The average Bonchev–Trinajstić information content (AvgIpc) is 3.21. The third kappa shape index (κ3) is 4.10. The number of nitrogens with one attached hydrogen (secondary N) is 1. The van der Waals surface area contributed by atoms with Crippen LogP contribution in [0.5, 0.6) is 0 Å². The first-order valence-electron chi connectivity index (χ1n) is 6.47. The Morgan fingerprint density at radius 1 is 1.42 bits per heavy atom. The zero-order valence-electron chi connectivity index (χ0n) is 11.2. The third-order valence-corrected chi connectivity index (χ3v) is 3.78. The minimum absolute atomic E-state index is 0.0465. The molecule has 0 radical (unpaired) electrons. The van der Waals surface area contributed by atoms with Crippen LogP contribution in [0.4, 0.5) is 4.79 Å². The maximum atomic E-state index is 11.8. The molecule has 1 fully saturated rings. The molecule has 1 amide bonds. The van der Waals surface area contributed by atoms with Gasteiger partial charge in [-0.2, -0.15) is 0 Å². The van der Waals surface area contributed by atoms with Crippen LogP contribution < -0.4 is 5.32 Å². The van der Waals surface area contributed by atoms with Crippen LogP contribution in [-0.2, 0) is 4.74 Å². The molecule has 1 aromatic carbocycles. The molecule has 1 aliphatic rings. The van der Waals surface area contributed by atoms with E-state index in [2.05, 4.69) is 21.2 Å². The van der Waals surface area contributed by atoms with Gasteiger partial charge >= 0.3 is 6.09 Å². The molecule has 1 aliphatic carbocycles. The van der Waals surface area contributed by atoms with Crippen LogP contribution in [0.15, 0.2) is 40.6 Å². The molecule has 1 saturated carbocycles. The number of carbonyl (C=O) groups is 1. The molecule has 0 saturated heterocycles. The van der Waals surface area contributed by atoms with E-state index in [0.29, 0.717) is 11.7 Å². The molecule has 0 bridgehead atoms. The van der Waals surface area contributed by atoms with Gasteiger partial charge in [-0.15, -0.1) is 0 Å². The molecule has 0 aliphatic heterocycles. The number of amides is 1. The number of carbonyl (C=O) groups excluding carboxylic acids is 1. The van der Waals surface area contributed by atoms with E-state index >= 15 is 0 Å². The van der Waals surface area contributed by atoms with Gasteiger partial charge in [0.25, 0.3) is 0 Å². The summed E-state index contributed by atoms with van der Waals surface area (Å²) in [5.74, 6) is 1.14. The molecular weight excluding hydrogens is 306 g/mol. The van der Waals surface area contributed by atoms with Crippen LogP contribution in [0.3, 0.4) is 0 Å². The monoisotopic (exact) mass is 323 g/mol. The molecule has 1 unspecified atom stereocenters. The molecule has 2 rings (SSSR count). The van der Waals surface area contributed by atoms with Gasteiger partial charge in [0.05, 0.1) is 6.04 Å². The summed E-state index contributed by atoms with van der Waals surface area (Å²) in [5, 5.41) is 2.96. The van der Waals surface area contributed by atoms with Crippen LogP contribution in [0.1, 0.15) is 38.3 Å². The Morgan fingerprint density at radius 3 is 2.58 bits per heavy atom. The summed E-state index contributed by atoms with van der Waals surface area (Å²) in [7, 11) is 0. The van der Waals surface area contributed by atoms with Gasteiger partial charge in [0, 0.05) is 4.47 Å². The van der Waals surface area contributed by atoms with Gasteiger partial charge in [-0.25, -0.2) is 4.79 Å². The molecule has 4 heteroatoms. The number of allylic oxidation sites excluding steroid dienone is 2. The lowest BCUT2D eigenvalue weighted by Gasteiger charge is -2.18. The molecule has 3 nitrogen and oxygen atoms in total. The normalized spacial score (nSPS) is 16.9. The number of halogens is 1. The summed E-state index contributed by atoms with van der Waals surface area (Å²) in [6.45, 7) is 3.61. The summed E-state index contributed by atoms with van der Waals surface area (Å²) in [6, 6.07) is 8.11. The van der Waals surface area contributed by atoms with E-state index in [4.69, 9.17) is 4.74 Å². The van der Waals surface area contributed by atoms with Crippen LogP contribution >= 0.6 is 15.9 Å². The Kier molecular flexibility index (Phi) is 4.64. The summed E-state index contributed by atoms with van der Waals surface area (Å²) in [5.41, 5.74) is 1.13. The van der Waals surface area contributed by atoms with E-state index in [0.717, 1.165) is 22.9 Å². The van der Waals surface area contributed by atoms with Crippen molar-refractivity contribution in [2.75, 3.05) is 0 Å². The maximum absolute atomic E-state index is 11.8. The summed E-state index contributed by atoms with van der Waals surface area (Å²) < 4.78 is 6.19. The molecule has 1 aromatic rings. The molecule has 19 heavy (non-hydrogen) atoms. The van der Waals surface area contributed by atoms with Crippen LogP contribution in [0.25, 0.3) is 0 Å². The molecule has 0 aromatic heterocycles. The Morgan fingerprint density at radius 2 is 2.05 bits per heavy atom. The van der Waals surface area contributed by atoms with E-state index in [1.165, 1.54) is 0 Å². The van der Waals surface area contributed by atoms with Crippen molar-refractivity contribution in [1.82, 2.24) is 5.32 Å². The molecular formula is C15H18BrNO2. The van der Waals surface area contributed by atoms with Crippen molar-refractivity contribution in [2.45, 2.75) is 32.7 Å². The second-order valence-electron chi connectivity index (χ2n) is 4.80. The molecule has 1 N–H and O–H groups in total. The van der Waals surface area contributed by atoms with Crippen molar-refractivity contribution in [1.29, 1.82) is 0 Å². The molecule has 102 valence electrons. The van der Waals surface area contributed by atoms with Gasteiger partial charge in [-0.1, -0.05) is 28.1 Å². The van der Waals surface area contributed by atoms with Gasteiger partial charge in [0.15, 0.2) is 0 Å². The molecule has 0 heterocycles. The van der Waals surface area contributed by atoms with Gasteiger partial charge < -0.3 is 10.1 Å². The van der Waals surface area contributed by atoms with Gasteiger partial charge in [-0.3, -0.25) is 0 Å². The topological polar surface area (TPSA) is 38.3 Å². The summed E-state index contributed by atoms with van der Waals surface area (Å²) in [6.07, 6.45) is 3.70. The predicted molar refractivity (Wildman–Crippen MR) is 78.7 cm³/mol. The van der Waals surface area contributed by atoms with Crippen molar-refractivity contribution < 1.29 is 9.53 Å². The quantitative estimate of drug-likeness (QED) is 0.825. The first-order valence-corrected chi connectivity index (χ1v) is 7.26. The lowest BCUT2D eigenvalue weighted by Crippen LogP contribution is -2.30. The highest BCUT2D eigenvalue weighted by Gasteiger charge is 2.33. The lowest BCUT2D eigenvalue weighted by atomic mass is 10.0. The zero-order chi connectivity index (χ0) is 13.8. The Labute approximate surface area is 122 Å². The Hall–Kier alpha value is -1.29. The fraction of sp³-hybridized carbons (Fsp3) is 0.400. The number of alkyl carbamates (subject to hydrolysis) is 1. The van der Waals surface area contributed by atoms with Crippen molar-refractivity contribution in [3.63, 3.8) is 0 Å². The highest BCUT2D eigenvalue weighted by atomic mass is 79.9. The van der Waals surface area contributed by atoms with Crippen molar-refractivity contribution >= 4 is 22.0 Å². The third-order valence-electron chi connectivity index (χ3n) is 3.26. The van der Waals surface area contributed by atoms with Gasteiger partial charge in [-0.05, 0) is 56.4 Å². The largest absolute Gasteiger partial charge is 0.416 e. The van der Waals surface area contributed by atoms with Crippen molar-refractivity contribution in [3.8, 4) is 0 Å². The van der Waals surface area contributed by atoms with E-state index in [9.17, 15) is 4.79 Å². The number of benzene rings is 1. The fourth-order valence-corrected chi connectivity index (χ4v) is 2.20. The Bertz CT molecular complexity index is 477. The minimum Gasteiger partial charge on any atom is -0.416 e. The SMILES string of the molecule is C/C=C(/C)OC(=O)NC(c1ccc(Br)cc1)C1CC1. The van der Waals surface area contributed by atoms with Crippen LogP contribution in [0, 0.1) is 5.92 Å². The predicted octanol–water partition coefficient (Wildman–Crippen LogP) is 4.55. The first-order chi connectivity index (χ1) is 9.10. The molecule has 0 spiro atoms. The van der Waals surface area contributed by atoms with Crippen molar-refractivity contribution in [2.24, 2.45) is 5.92 Å². The highest BCUT2D eigenvalue weighted by molar-refractivity contribution is 9.10. The van der Waals surface area contributed by atoms with Gasteiger partial charge in [0.1, 0.15) is 5.76 Å². The molecule has 1 atom stereocenters. The summed E-state index contributed by atoms with van der Waals surface area (Å²) >= 11 is 3.42. The first kappa shape index (κ1) is 14.1. The van der Waals surface area contributed by atoms with Crippen LogP contribution in [0.2, 0.25) is 0 Å². The van der Waals surface area contributed by atoms with E-state index < -0.39 is 0 Å². The number of rotatable bonds is 4. The van der Waals surface area contributed by atoms with E-state index in [-0.39, 0.29) is 12.1 Å². The van der Waals surface area contributed by atoms with Crippen LogP contribution in [-0.4, -0.2) is 6.09 Å². The summed E-state index contributed by atoms with van der Waals surface area (Å²) in [4.78, 5) is 11.8. The second kappa shape index (κ2) is 6.24. The van der Waals surface area contributed by atoms with Gasteiger partial charge in [0.2, 0.25) is 0 Å². The number of hydrogen-bond acceptors (Lipinski definition) is 2. The average molecular weight is 324 g/mol. The minimum atomic E-state index is -0.379. The smallest absolute Gasteiger partial charge is 0.412 e. The van der Waals surface area contributed by atoms with E-state index in [1.54, 1.807) is 13.0 Å².